The molecule has 1 saturated carbocycles. The summed E-state index contributed by atoms with van der Waals surface area (Å²) in [7, 11) is 5.44. The Kier molecular flexibility index (Phi) is 5.29. The highest BCUT2D eigenvalue weighted by atomic mass is 31.0. The van der Waals surface area contributed by atoms with Gasteiger partial charge in [0.25, 0.3) is 5.91 Å². The van der Waals surface area contributed by atoms with Crippen LogP contribution in [0.25, 0.3) is 0 Å². The first kappa shape index (κ1) is 15.9. The molecule has 1 aromatic carbocycles. The van der Waals surface area contributed by atoms with Crippen LogP contribution in [0.4, 0.5) is 0 Å². The molecule has 1 aliphatic carbocycles. The lowest BCUT2D eigenvalue weighted by atomic mass is 9.90. The first-order chi connectivity index (χ1) is 10.1. The molecule has 0 spiro atoms. The van der Waals surface area contributed by atoms with Gasteiger partial charge in [-0.3, -0.25) is 9.63 Å². The molecular formula is C16H21N2O2P. The van der Waals surface area contributed by atoms with Gasteiger partial charge in [0.05, 0.1) is 11.7 Å². The molecule has 0 atom stereocenters. The second kappa shape index (κ2) is 6.99. The summed E-state index contributed by atoms with van der Waals surface area (Å²) >= 11 is 0. The molecule has 2 aliphatic rings. The van der Waals surface area contributed by atoms with Crippen LogP contribution in [0.1, 0.15) is 35.7 Å². The number of amides is 1. The highest BCUT2D eigenvalue weighted by molar-refractivity contribution is 7.22. The van der Waals surface area contributed by atoms with Gasteiger partial charge in [-0.05, 0) is 32.9 Å². The second-order valence-corrected chi connectivity index (χ2v) is 5.56. The molecule has 1 aliphatic heterocycles. The molecule has 0 aromatic heterocycles. The molecule has 0 bridgehead atoms. The number of nitrogens with zero attached hydrogens (tertiary/aromatic N) is 1. The number of hydroxylamine groups is 2. The number of nitrogens with one attached hydrogen (secondary N) is 1. The summed E-state index contributed by atoms with van der Waals surface area (Å²) < 4.78 is 0. The van der Waals surface area contributed by atoms with Crippen LogP contribution in [0.15, 0.2) is 36.9 Å². The summed E-state index contributed by atoms with van der Waals surface area (Å²) in [5.74, 6) is -0.0940. The van der Waals surface area contributed by atoms with Crippen molar-refractivity contribution in [3.63, 3.8) is 0 Å². The van der Waals surface area contributed by atoms with E-state index in [-0.39, 0.29) is 12.0 Å². The van der Waals surface area contributed by atoms with Crippen LogP contribution >= 0.6 is 8.86 Å². The van der Waals surface area contributed by atoms with Crippen molar-refractivity contribution in [2.45, 2.75) is 31.9 Å². The predicted octanol–water partition coefficient (Wildman–Crippen LogP) is 2.64. The fraction of sp³-hybridized carbons (Fsp3) is 0.375. The van der Waals surface area contributed by atoms with E-state index in [1.165, 1.54) is 5.06 Å². The highest BCUT2D eigenvalue weighted by Crippen LogP contribution is 2.29. The quantitative estimate of drug-likeness (QED) is 0.689. The van der Waals surface area contributed by atoms with Gasteiger partial charge in [-0.15, -0.1) is 6.58 Å². The van der Waals surface area contributed by atoms with Crippen LogP contribution < -0.4 is 5.32 Å². The van der Waals surface area contributed by atoms with Crippen molar-refractivity contribution < 1.29 is 9.63 Å². The molecular weight excluding hydrogens is 283 g/mol. The van der Waals surface area contributed by atoms with Crippen molar-refractivity contribution in [3.05, 3.63) is 48.0 Å². The van der Waals surface area contributed by atoms with E-state index in [0.717, 1.165) is 18.4 Å². The van der Waals surface area contributed by atoms with Crippen molar-refractivity contribution in [2.75, 3.05) is 7.05 Å². The topological polar surface area (TPSA) is 41.6 Å². The zero-order valence-corrected chi connectivity index (χ0v) is 13.4. The fourth-order valence-electron chi connectivity index (χ4n) is 2.33. The summed E-state index contributed by atoms with van der Waals surface area (Å²) in [6, 6.07) is 8.01. The van der Waals surface area contributed by atoms with Gasteiger partial charge in [0.1, 0.15) is 5.42 Å². The van der Waals surface area contributed by atoms with Gasteiger partial charge in [0, 0.05) is 11.6 Å². The van der Waals surface area contributed by atoms with E-state index in [2.05, 4.69) is 20.8 Å². The highest BCUT2D eigenvalue weighted by Gasteiger charge is 2.37. The Balaban J connectivity index is 0.000000497. The summed E-state index contributed by atoms with van der Waals surface area (Å²) in [4.78, 5) is 17.9. The van der Waals surface area contributed by atoms with Gasteiger partial charge in [-0.25, -0.2) is 0 Å². The van der Waals surface area contributed by atoms with Gasteiger partial charge in [-0.1, -0.05) is 33.1 Å². The van der Waals surface area contributed by atoms with E-state index in [1.807, 2.05) is 38.2 Å². The molecule has 0 saturated heterocycles. The minimum atomic E-state index is -0.0940. The average Bonchev–Trinajstić information content (AvgIpc) is 2.68. The van der Waals surface area contributed by atoms with Gasteiger partial charge >= 0.3 is 0 Å². The van der Waals surface area contributed by atoms with Crippen LogP contribution in [0, 0.1) is 0 Å². The molecule has 0 unspecified atom stereocenters. The molecule has 1 N–H and O–H groups in total. The number of carbonyl (C=O) groups is 1. The number of allylic oxidation sites excluding steroid dienone is 1. The lowest BCUT2D eigenvalue weighted by Gasteiger charge is -2.36. The molecule has 112 valence electrons. The van der Waals surface area contributed by atoms with Crippen molar-refractivity contribution in [1.82, 2.24) is 10.4 Å². The van der Waals surface area contributed by atoms with Gasteiger partial charge in [-0.2, -0.15) is 5.06 Å². The molecule has 21 heavy (non-hydrogen) atoms. The lowest BCUT2D eigenvalue weighted by molar-refractivity contribution is -0.146. The predicted molar refractivity (Wildman–Crippen MR) is 87.9 cm³/mol. The maximum Gasteiger partial charge on any atom is 0.283 e. The number of carbonyl (C=O) groups excluding carboxylic acids is 1. The Morgan fingerprint density at radius 2 is 1.95 bits per heavy atom. The Labute approximate surface area is 128 Å². The molecule has 1 amide bonds. The van der Waals surface area contributed by atoms with Crippen molar-refractivity contribution in [1.29, 1.82) is 0 Å². The lowest BCUT2D eigenvalue weighted by Crippen LogP contribution is -2.47. The van der Waals surface area contributed by atoms with Crippen molar-refractivity contribution in [3.8, 4) is 0 Å². The van der Waals surface area contributed by atoms with Gasteiger partial charge in [0.15, 0.2) is 0 Å². The Morgan fingerprint density at radius 1 is 1.38 bits per heavy atom. The second-order valence-electron chi connectivity index (χ2n) is 5.09. The van der Waals surface area contributed by atoms with E-state index in [4.69, 9.17) is 4.84 Å². The van der Waals surface area contributed by atoms with Crippen LogP contribution in [0.3, 0.4) is 0 Å². The zero-order valence-electron chi connectivity index (χ0n) is 12.4. The Hall–Kier alpha value is -1.48. The maximum atomic E-state index is 12.2. The van der Waals surface area contributed by atoms with Crippen molar-refractivity contribution in [2.24, 2.45) is 0 Å². The molecule has 1 fully saturated rings. The largest absolute Gasteiger partial charge is 0.317 e. The molecule has 1 aromatic rings. The van der Waals surface area contributed by atoms with E-state index in [9.17, 15) is 4.79 Å². The van der Waals surface area contributed by atoms with E-state index < -0.39 is 0 Å². The average molecular weight is 304 g/mol. The Morgan fingerprint density at radius 3 is 2.48 bits per heavy atom. The summed E-state index contributed by atoms with van der Waals surface area (Å²) in [5, 5.41) is 4.57. The number of hydrogen-bond acceptors (Lipinski definition) is 3. The smallest absolute Gasteiger partial charge is 0.283 e. The monoisotopic (exact) mass is 304 g/mol. The summed E-state index contributed by atoms with van der Waals surface area (Å²) in [6.45, 7) is 5.25. The molecule has 1 heterocycles. The van der Waals surface area contributed by atoms with Crippen LogP contribution in [-0.4, -0.2) is 35.6 Å². The minimum Gasteiger partial charge on any atom is -0.317 e. The first-order valence-corrected chi connectivity index (χ1v) is 7.55. The van der Waals surface area contributed by atoms with E-state index in [1.54, 1.807) is 6.08 Å². The first-order valence-electron chi connectivity index (χ1n) is 7.05. The number of fused-ring (bicyclic) bond motifs is 1. The summed E-state index contributed by atoms with van der Waals surface area (Å²) in [5.41, 5.74) is 2.28. The normalized spacial score (nSPS) is 23.0. The minimum absolute atomic E-state index is 0.0940. The SMILES string of the molecule is C=CC.CNC1CC(ON2C(=O)c3ccccc3C2=P)C1. The van der Waals surface area contributed by atoms with Crippen LogP contribution in [0.2, 0.25) is 0 Å². The molecule has 0 radical (unpaired) electrons. The number of rotatable bonds is 3. The van der Waals surface area contributed by atoms with Crippen molar-refractivity contribution >= 4 is 20.2 Å². The van der Waals surface area contributed by atoms with Gasteiger partial charge < -0.3 is 5.32 Å². The number of benzene rings is 1. The number of hydrogen-bond donors (Lipinski definition) is 1. The van der Waals surface area contributed by atoms with E-state index >= 15 is 0 Å². The third-order valence-electron chi connectivity index (χ3n) is 3.56. The molecule has 4 nitrogen and oxygen atoms in total. The zero-order chi connectivity index (χ0) is 15.4. The fourth-order valence-corrected chi connectivity index (χ4v) is 2.71. The van der Waals surface area contributed by atoms with Gasteiger partial charge in [0.2, 0.25) is 0 Å². The van der Waals surface area contributed by atoms with Crippen LogP contribution in [-0.2, 0) is 4.84 Å². The summed E-state index contributed by atoms with van der Waals surface area (Å²) in [6.07, 6.45) is 3.75. The maximum absolute atomic E-state index is 12.2. The Bertz CT molecular complexity index is 518. The van der Waals surface area contributed by atoms with Crippen LogP contribution in [0.5, 0.6) is 0 Å². The van der Waals surface area contributed by atoms with E-state index in [0.29, 0.717) is 17.0 Å². The standard InChI is InChI=1S/C13H15N2O2P.C3H6/c1-14-8-6-9(7-8)17-15-12(16)10-4-2-3-5-11(10)13(15)18;1-3-2/h2-5,8-9,14,18H,6-7H2,1H3;3H,1H2,2H3. The molecule has 3 rings (SSSR count). The molecule has 5 heteroatoms. The third-order valence-corrected chi connectivity index (χ3v) is 4.03. The third kappa shape index (κ3) is 3.24.